The number of benzene rings is 2. The number of rotatable bonds is 4. The van der Waals surface area contributed by atoms with E-state index >= 15 is 0 Å². The molecule has 0 saturated heterocycles. The zero-order valence-corrected chi connectivity index (χ0v) is 11.7. The third-order valence-electron chi connectivity index (χ3n) is 3.34. The van der Waals surface area contributed by atoms with Crippen molar-refractivity contribution in [3.63, 3.8) is 0 Å². The highest BCUT2D eigenvalue weighted by molar-refractivity contribution is 5.79. The van der Waals surface area contributed by atoms with Crippen molar-refractivity contribution in [3.8, 4) is 0 Å². The first kappa shape index (κ1) is 14.3. The van der Waals surface area contributed by atoms with E-state index in [1.54, 1.807) is 18.2 Å². The predicted molar refractivity (Wildman–Crippen MR) is 77.8 cm³/mol. The quantitative estimate of drug-likeness (QED) is 0.905. The number of nitrogens with one attached hydrogen (secondary N) is 1. The molecule has 2 nitrogen and oxygen atoms in total. The van der Waals surface area contributed by atoms with Gasteiger partial charge < -0.3 is 5.32 Å². The van der Waals surface area contributed by atoms with Gasteiger partial charge in [0.05, 0.1) is 12.5 Å². The number of hydrogen-bond donors (Lipinski definition) is 1. The van der Waals surface area contributed by atoms with Gasteiger partial charge in [0, 0.05) is 0 Å². The summed E-state index contributed by atoms with van der Waals surface area (Å²) in [4.78, 5) is 12.0. The summed E-state index contributed by atoms with van der Waals surface area (Å²) in [6.07, 6.45) is 0.0584. The minimum atomic E-state index is -0.341. The molecule has 0 aromatic heterocycles. The summed E-state index contributed by atoms with van der Waals surface area (Å²) >= 11 is 0. The van der Waals surface area contributed by atoms with Crippen molar-refractivity contribution in [2.45, 2.75) is 26.3 Å². The van der Waals surface area contributed by atoms with Crippen LogP contribution in [0.5, 0.6) is 0 Å². The molecular weight excluding hydrogens is 253 g/mol. The smallest absolute Gasteiger partial charge is 0.225 e. The molecule has 0 fully saturated rings. The van der Waals surface area contributed by atoms with Gasteiger partial charge in [-0.1, -0.05) is 42.5 Å². The molecule has 2 aromatic rings. The van der Waals surface area contributed by atoms with E-state index in [0.717, 1.165) is 11.1 Å². The van der Waals surface area contributed by atoms with E-state index in [4.69, 9.17) is 0 Å². The lowest BCUT2D eigenvalue weighted by atomic mass is 10.0. The van der Waals surface area contributed by atoms with Gasteiger partial charge in [-0.3, -0.25) is 4.79 Å². The van der Waals surface area contributed by atoms with E-state index in [2.05, 4.69) is 5.32 Å². The van der Waals surface area contributed by atoms with Gasteiger partial charge in [0.15, 0.2) is 0 Å². The first-order chi connectivity index (χ1) is 9.58. The van der Waals surface area contributed by atoms with Gasteiger partial charge in [-0.15, -0.1) is 0 Å². The van der Waals surface area contributed by atoms with Crippen LogP contribution in [-0.2, 0) is 11.2 Å². The van der Waals surface area contributed by atoms with Crippen molar-refractivity contribution in [3.05, 3.63) is 71.0 Å². The van der Waals surface area contributed by atoms with Crippen LogP contribution in [0.15, 0.2) is 48.5 Å². The number of carbonyl (C=O) groups is 1. The van der Waals surface area contributed by atoms with Gasteiger partial charge in [0.2, 0.25) is 5.91 Å². The Hall–Kier alpha value is -2.16. The maximum absolute atomic E-state index is 13.5. The molecule has 0 spiro atoms. The minimum absolute atomic E-state index is 0.0584. The highest BCUT2D eigenvalue weighted by atomic mass is 19.1. The Kier molecular flexibility index (Phi) is 4.51. The number of hydrogen-bond acceptors (Lipinski definition) is 1. The van der Waals surface area contributed by atoms with Crippen LogP contribution in [0.2, 0.25) is 0 Å². The first-order valence-electron chi connectivity index (χ1n) is 6.66. The Bertz CT molecular complexity index is 609. The van der Waals surface area contributed by atoms with Crippen LogP contribution in [-0.4, -0.2) is 5.91 Å². The SMILES string of the molecule is Cc1ccccc1[C@H](C)NC(=O)Cc1ccccc1F. The van der Waals surface area contributed by atoms with Crippen LogP contribution < -0.4 is 5.32 Å². The van der Waals surface area contributed by atoms with Crippen LogP contribution in [0.4, 0.5) is 4.39 Å². The Labute approximate surface area is 118 Å². The van der Waals surface area contributed by atoms with E-state index in [9.17, 15) is 9.18 Å². The second-order valence-electron chi connectivity index (χ2n) is 4.91. The second-order valence-corrected chi connectivity index (χ2v) is 4.91. The molecule has 1 N–H and O–H groups in total. The summed E-state index contributed by atoms with van der Waals surface area (Å²) in [6, 6.07) is 14.2. The van der Waals surface area contributed by atoms with Gasteiger partial charge >= 0.3 is 0 Å². The van der Waals surface area contributed by atoms with Gasteiger partial charge in [-0.25, -0.2) is 4.39 Å². The molecule has 104 valence electrons. The van der Waals surface area contributed by atoms with E-state index in [-0.39, 0.29) is 24.2 Å². The number of halogens is 1. The third kappa shape index (κ3) is 3.44. The fraction of sp³-hybridized carbons (Fsp3) is 0.235. The van der Waals surface area contributed by atoms with E-state index < -0.39 is 0 Å². The van der Waals surface area contributed by atoms with Crippen molar-refractivity contribution < 1.29 is 9.18 Å². The summed E-state index contributed by atoms with van der Waals surface area (Å²) in [6.45, 7) is 3.94. The second kappa shape index (κ2) is 6.33. The number of carbonyl (C=O) groups excluding carboxylic acids is 1. The standard InChI is InChI=1S/C17H18FNO/c1-12-7-3-5-9-15(12)13(2)19-17(20)11-14-8-4-6-10-16(14)18/h3-10,13H,11H2,1-2H3,(H,19,20)/t13-/m0/s1. The molecule has 2 rings (SSSR count). The van der Waals surface area contributed by atoms with Crippen molar-refractivity contribution in [1.82, 2.24) is 5.32 Å². The zero-order chi connectivity index (χ0) is 14.5. The lowest BCUT2D eigenvalue weighted by Gasteiger charge is -2.16. The van der Waals surface area contributed by atoms with Crippen molar-refractivity contribution in [2.75, 3.05) is 0 Å². The van der Waals surface area contributed by atoms with Gasteiger partial charge in [0.1, 0.15) is 5.82 Å². The summed E-state index contributed by atoms with van der Waals surface area (Å²) < 4.78 is 13.5. The number of amides is 1. The zero-order valence-electron chi connectivity index (χ0n) is 11.7. The molecule has 20 heavy (non-hydrogen) atoms. The summed E-state index contributed by atoms with van der Waals surface area (Å²) in [5.41, 5.74) is 2.63. The molecule has 0 radical (unpaired) electrons. The maximum atomic E-state index is 13.5. The average Bonchev–Trinajstić information content (AvgIpc) is 2.41. The molecule has 0 heterocycles. The molecule has 2 aromatic carbocycles. The highest BCUT2D eigenvalue weighted by Gasteiger charge is 2.13. The summed E-state index contributed by atoms with van der Waals surface area (Å²) in [5.74, 6) is -0.517. The molecule has 0 aliphatic heterocycles. The Morgan fingerprint density at radius 2 is 1.80 bits per heavy atom. The van der Waals surface area contributed by atoms with E-state index in [1.807, 2.05) is 38.1 Å². The molecule has 0 unspecified atom stereocenters. The summed E-state index contributed by atoms with van der Waals surface area (Å²) in [7, 11) is 0. The minimum Gasteiger partial charge on any atom is -0.349 e. The maximum Gasteiger partial charge on any atom is 0.225 e. The molecule has 0 saturated carbocycles. The monoisotopic (exact) mass is 271 g/mol. The molecule has 0 bridgehead atoms. The van der Waals surface area contributed by atoms with E-state index in [0.29, 0.717) is 5.56 Å². The third-order valence-corrected chi connectivity index (χ3v) is 3.34. The molecule has 1 atom stereocenters. The molecule has 0 aliphatic carbocycles. The fourth-order valence-corrected chi connectivity index (χ4v) is 2.26. The Morgan fingerprint density at radius 3 is 2.50 bits per heavy atom. The lowest BCUT2D eigenvalue weighted by molar-refractivity contribution is -0.121. The van der Waals surface area contributed by atoms with Gasteiger partial charge in [-0.2, -0.15) is 0 Å². The Balaban J connectivity index is 2.02. The van der Waals surface area contributed by atoms with Crippen molar-refractivity contribution in [2.24, 2.45) is 0 Å². The van der Waals surface area contributed by atoms with Crippen LogP contribution in [0.25, 0.3) is 0 Å². The van der Waals surface area contributed by atoms with Crippen molar-refractivity contribution >= 4 is 5.91 Å². The summed E-state index contributed by atoms with van der Waals surface area (Å²) in [5, 5.41) is 2.91. The van der Waals surface area contributed by atoms with Crippen LogP contribution in [0.3, 0.4) is 0 Å². The van der Waals surface area contributed by atoms with Crippen LogP contribution >= 0.6 is 0 Å². The molecular formula is C17H18FNO. The molecule has 3 heteroatoms. The Morgan fingerprint density at radius 1 is 1.15 bits per heavy atom. The average molecular weight is 271 g/mol. The highest BCUT2D eigenvalue weighted by Crippen LogP contribution is 2.17. The first-order valence-corrected chi connectivity index (χ1v) is 6.66. The molecule has 0 aliphatic rings. The van der Waals surface area contributed by atoms with Crippen molar-refractivity contribution in [1.29, 1.82) is 0 Å². The largest absolute Gasteiger partial charge is 0.349 e. The topological polar surface area (TPSA) is 29.1 Å². The van der Waals surface area contributed by atoms with E-state index in [1.165, 1.54) is 6.07 Å². The van der Waals surface area contributed by atoms with Gasteiger partial charge in [0.25, 0.3) is 0 Å². The van der Waals surface area contributed by atoms with Gasteiger partial charge in [-0.05, 0) is 36.6 Å². The lowest BCUT2D eigenvalue weighted by Crippen LogP contribution is -2.28. The normalized spacial score (nSPS) is 11.9. The number of aryl methyl sites for hydroxylation is 1. The van der Waals surface area contributed by atoms with Crippen LogP contribution in [0.1, 0.15) is 29.7 Å². The fourth-order valence-electron chi connectivity index (χ4n) is 2.26. The molecule has 1 amide bonds. The van der Waals surface area contributed by atoms with Crippen LogP contribution in [0, 0.1) is 12.7 Å². The predicted octanol–water partition coefficient (Wildman–Crippen LogP) is 3.55.